The van der Waals surface area contributed by atoms with Gasteiger partial charge in [-0.25, -0.2) is 4.98 Å². The van der Waals surface area contributed by atoms with Gasteiger partial charge in [-0.3, -0.25) is 9.69 Å². The van der Waals surface area contributed by atoms with E-state index in [1.807, 2.05) is 6.07 Å². The van der Waals surface area contributed by atoms with Gasteiger partial charge in [-0.1, -0.05) is 17.7 Å². The summed E-state index contributed by atoms with van der Waals surface area (Å²) < 4.78 is 5.08. The Balaban J connectivity index is 1.57. The zero-order chi connectivity index (χ0) is 17.6. The first kappa shape index (κ1) is 16.4. The maximum atomic E-state index is 12.3. The van der Waals surface area contributed by atoms with Crippen molar-refractivity contribution in [1.29, 1.82) is 0 Å². The van der Waals surface area contributed by atoms with Crippen LogP contribution in [0.4, 0.5) is 0 Å². The van der Waals surface area contributed by atoms with Crippen molar-refractivity contribution >= 4 is 11.6 Å². The van der Waals surface area contributed by atoms with E-state index in [0.29, 0.717) is 36.2 Å². The summed E-state index contributed by atoms with van der Waals surface area (Å²) in [5, 5.41) is 10.4. The molecule has 0 unspecified atom stereocenters. The predicted octanol–water partition coefficient (Wildman–Crippen LogP) is 2.57. The fraction of sp³-hybridized carbons (Fsp3) is 0.444. The summed E-state index contributed by atoms with van der Waals surface area (Å²) >= 11 is 6.27. The van der Waals surface area contributed by atoms with Crippen molar-refractivity contribution in [3.05, 3.63) is 50.2 Å². The van der Waals surface area contributed by atoms with Crippen molar-refractivity contribution in [3.8, 4) is 11.5 Å². The lowest BCUT2D eigenvalue weighted by molar-refractivity contribution is 0.239. The van der Waals surface area contributed by atoms with E-state index in [4.69, 9.17) is 21.3 Å². The number of nitrogens with zero attached hydrogens (tertiary/aromatic N) is 2. The molecule has 7 heteroatoms. The molecular weight excluding hydrogens is 342 g/mol. The highest BCUT2D eigenvalue weighted by atomic mass is 35.5. The Bertz CT molecular complexity index is 877. The van der Waals surface area contributed by atoms with E-state index < -0.39 is 0 Å². The molecule has 0 bridgehead atoms. The molecule has 2 heterocycles. The smallest absolute Gasteiger partial charge is 0.254 e. The summed E-state index contributed by atoms with van der Waals surface area (Å²) in [6.45, 7) is 1.95. The second-order valence-corrected chi connectivity index (χ2v) is 7.08. The summed E-state index contributed by atoms with van der Waals surface area (Å²) in [5.41, 5.74) is 2.50. The van der Waals surface area contributed by atoms with Gasteiger partial charge in [0.05, 0.1) is 17.8 Å². The molecule has 0 amide bonds. The summed E-state index contributed by atoms with van der Waals surface area (Å²) in [6.07, 6.45) is 2.88. The first-order valence-electron chi connectivity index (χ1n) is 8.45. The molecule has 0 saturated heterocycles. The van der Waals surface area contributed by atoms with Crippen molar-refractivity contribution in [2.24, 2.45) is 0 Å². The number of ether oxygens (including phenoxy) is 1. The van der Waals surface area contributed by atoms with Crippen LogP contribution in [0.15, 0.2) is 16.9 Å². The number of rotatable bonds is 4. The Hall–Kier alpha value is -2.05. The molecule has 1 fully saturated rings. The molecule has 132 valence electrons. The largest absolute Gasteiger partial charge is 0.503 e. The lowest BCUT2D eigenvalue weighted by Gasteiger charge is -2.28. The monoisotopic (exact) mass is 361 g/mol. The van der Waals surface area contributed by atoms with E-state index in [0.717, 1.165) is 42.0 Å². The molecule has 0 atom stereocenters. The van der Waals surface area contributed by atoms with Crippen LogP contribution < -0.4 is 10.3 Å². The first-order chi connectivity index (χ1) is 12.1. The van der Waals surface area contributed by atoms with E-state index in [9.17, 15) is 9.90 Å². The van der Waals surface area contributed by atoms with E-state index in [1.165, 1.54) is 7.11 Å². The normalized spacial score (nSPS) is 17.4. The van der Waals surface area contributed by atoms with Gasteiger partial charge in [-0.15, -0.1) is 0 Å². The van der Waals surface area contributed by atoms with Crippen LogP contribution >= 0.6 is 11.6 Å². The average molecular weight is 362 g/mol. The van der Waals surface area contributed by atoms with E-state index in [1.54, 1.807) is 6.07 Å². The van der Waals surface area contributed by atoms with Crippen LogP contribution in [0, 0.1) is 0 Å². The number of hydrogen-bond acceptors (Lipinski definition) is 5. The maximum Gasteiger partial charge on any atom is 0.254 e. The summed E-state index contributed by atoms with van der Waals surface area (Å²) in [4.78, 5) is 22.1. The molecule has 1 aliphatic heterocycles. The van der Waals surface area contributed by atoms with Crippen molar-refractivity contribution in [2.45, 2.75) is 38.3 Å². The molecule has 2 N–H and O–H groups in total. The third-order valence-electron chi connectivity index (χ3n) is 4.91. The third kappa shape index (κ3) is 3.12. The number of fused-ring (bicyclic) bond motifs is 1. The standard InChI is InChI=1S/C18H20ClN3O3/c1-25-14-5-4-11(15(19)16(14)23)8-22-7-6-12-13(9-22)20-17(10-2-3-10)21-18(12)24/h4-5,10,23H,2-3,6-9H2,1H3,(H,20,21,24). The number of hydrogen-bond donors (Lipinski definition) is 2. The van der Waals surface area contributed by atoms with E-state index in [2.05, 4.69) is 9.88 Å². The zero-order valence-corrected chi connectivity index (χ0v) is 14.8. The van der Waals surface area contributed by atoms with Crippen LogP contribution in [0.2, 0.25) is 5.02 Å². The predicted molar refractivity (Wildman–Crippen MR) is 94.3 cm³/mol. The minimum Gasteiger partial charge on any atom is -0.503 e. The molecule has 0 radical (unpaired) electrons. The van der Waals surface area contributed by atoms with Gasteiger partial charge in [-0.05, 0) is 30.9 Å². The van der Waals surface area contributed by atoms with Gasteiger partial charge in [0.2, 0.25) is 0 Å². The highest BCUT2D eigenvalue weighted by Gasteiger charge is 2.29. The van der Waals surface area contributed by atoms with Crippen molar-refractivity contribution in [3.63, 3.8) is 0 Å². The van der Waals surface area contributed by atoms with Crippen LogP contribution in [0.5, 0.6) is 11.5 Å². The molecule has 1 aromatic heterocycles. The van der Waals surface area contributed by atoms with Gasteiger partial charge >= 0.3 is 0 Å². The molecule has 0 spiro atoms. The average Bonchev–Trinajstić information content (AvgIpc) is 3.44. The molecule has 2 aliphatic rings. The van der Waals surface area contributed by atoms with E-state index in [-0.39, 0.29) is 11.3 Å². The summed E-state index contributed by atoms with van der Waals surface area (Å²) in [6, 6.07) is 3.57. The van der Waals surface area contributed by atoms with Crippen molar-refractivity contribution in [1.82, 2.24) is 14.9 Å². The van der Waals surface area contributed by atoms with Crippen LogP contribution in [0.3, 0.4) is 0 Å². The quantitative estimate of drug-likeness (QED) is 0.875. The number of methoxy groups -OCH3 is 1. The van der Waals surface area contributed by atoms with Crippen LogP contribution in [0.1, 0.15) is 41.4 Å². The van der Waals surface area contributed by atoms with Gasteiger partial charge in [0, 0.05) is 31.1 Å². The Morgan fingerprint density at radius 1 is 1.44 bits per heavy atom. The van der Waals surface area contributed by atoms with Gasteiger partial charge in [0.1, 0.15) is 5.82 Å². The number of aromatic nitrogens is 2. The molecular formula is C18H20ClN3O3. The highest BCUT2D eigenvalue weighted by Crippen LogP contribution is 2.38. The fourth-order valence-corrected chi connectivity index (χ4v) is 3.53. The molecule has 6 nitrogen and oxygen atoms in total. The van der Waals surface area contributed by atoms with Gasteiger partial charge < -0.3 is 14.8 Å². The number of H-pyrrole nitrogens is 1. The summed E-state index contributed by atoms with van der Waals surface area (Å²) in [5.74, 6) is 1.57. The number of benzene rings is 1. The second kappa shape index (κ2) is 6.35. The van der Waals surface area contributed by atoms with Crippen LogP contribution in [-0.4, -0.2) is 33.6 Å². The third-order valence-corrected chi connectivity index (χ3v) is 5.33. The number of halogens is 1. The van der Waals surface area contributed by atoms with Crippen LogP contribution in [0.25, 0.3) is 0 Å². The topological polar surface area (TPSA) is 78.5 Å². The number of aromatic amines is 1. The van der Waals surface area contributed by atoms with Crippen molar-refractivity contribution in [2.75, 3.05) is 13.7 Å². The molecule has 1 saturated carbocycles. The zero-order valence-electron chi connectivity index (χ0n) is 14.0. The van der Waals surface area contributed by atoms with Gasteiger partial charge in [0.25, 0.3) is 5.56 Å². The van der Waals surface area contributed by atoms with Gasteiger partial charge in [-0.2, -0.15) is 0 Å². The number of phenolic OH excluding ortho intramolecular Hbond substituents is 1. The molecule has 1 aromatic carbocycles. The molecule has 2 aromatic rings. The first-order valence-corrected chi connectivity index (χ1v) is 8.83. The molecule has 1 aliphatic carbocycles. The number of phenols is 1. The minimum absolute atomic E-state index is 0.00618. The fourth-order valence-electron chi connectivity index (χ4n) is 3.31. The van der Waals surface area contributed by atoms with E-state index >= 15 is 0 Å². The van der Waals surface area contributed by atoms with Crippen LogP contribution in [-0.2, 0) is 19.5 Å². The molecule has 25 heavy (non-hydrogen) atoms. The molecule has 4 rings (SSSR count). The lowest BCUT2D eigenvalue weighted by atomic mass is 10.1. The maximum absolute atomic E-state index is 12.3. The SMILES string of the molecule is COc1ccc(CN2CCc3c(nc(C4CC4)[nH]c3=O)C2)c(Cl)c1O. The lowest BCUT2D eigenvalue weighted by Crippen LogP contribution is -2.35. The Morgan fingerprint density at radius 3 is 2.96 bits per heavy atom. The Morgan fingerprint density at radius 2 is 2.24 bits per heavy atom. The van der Waals surface area contributed by atoms with Crippen molar-refractivity contribution < 1.29 is 9.84 Å². The Labute approximate surface area is 150 Å². The number of aromatic hydroxyl groups is 1. The minimum atomic E-state index is -0.0373. The second-order valence-electron chi connectivity index (χ2n) is 6.70. The van der Waals surface area contributed by atoms with Gasteiger partial charge in [0.15, 0.2) is 11.5 Å². The number of nitrogens with one attached hydrogen (secondary N) is 1. The summed E-state index contributed by atoms with van der Waals surface area (Å²) in [7, 11) is 1.49. The highest BCUT2D eigenvalue weighted by molar-refractivity contribution is 6.33. The Kier molecular flexibility index (Phi) is 4.17.